The number of likely N-dealkylation sites (N-methyl/N-ethyl adjacent to an activating group) is 1. The van der Waals surface area contributed by atoms with Gasteiger partial charge in [-0.25, -0.2) is 8.42 Å². The molecule has 1 saturated heterocycles. The van der Waals surface area contributed by atoms with Gasteiger partial charge in [0, 0.05) is 25.8 Å². The Bertz CT molecular complexity index is 734. The number of fused-ring (bicyclic) bond motifs is 1. The van der Waals surface area contributed by atoms with Gasteiger partial charge in [-0.3, -0.25) is 4.79 Å². The fourth-order valence-corrected chi connectivity index (χ4v) is 4.55. The van der Waals surface area contributed by atoms with Crippen molar-refractivity contribution in [2.75, 3.05) is 20.2 Å². The van der Waals surface area contributed by atoms with Gasteiger partial charge in [0.15, 0.2) is 4.91 Å². The largest absolute Gasteiger partial charge is 0.381 e. The number of rotatable bonds is 4. The Kier molecular flexibility index (Phi) is 3.92. The van der Waals surface area contributed by atoms with Gasteiger partial charge in [-0.05, 0) is 18.9 Å². The predicted octanol–water partition coefficient (Wildman–Crippen LogP) is 0.657. The number of hydrogen-bond donors (Lipinski definition) is 2. The minimum atomic E-state index is -3.79. The van der Waals surface area contributed by atoms with Gasteiger partial charge in [-0.2, -0.15) is 0 Å². The van der Waals surface area contributed by atoms with Crippen molar-refractivity contribution in [3.05, 3.63) is 34.7 Å². The van der Waals surface area contributed by atoms with Gasteiger partial charge >= 0.3 is 0 Å². The summed E-state index contributed by atoms with van der Waals surface area (Å²) in [6.45, 7) is 1.21. The van der Waals surface area contributed by atoms with Crippen LogP contribution in [-0.4, -0.2) is 40.6 Å². The molecule has 1 atom stereocenters. The monoisotopic (exact) mass is 322 g/mol. The van der Waals surface area contributed by atoms with Gasteiger partial charge in [0.05, 0.1) is 16.7 Å². The minimum absolute atomic E-state index is 0.0499. The van der Waals surface area contributed by atoms with E-state index in [4.69, 9.17) is 4.74 Å². The lowest BCUT2D eigenvalue weighted by Gasteiger charge is -2.14. The molecule has 7 heteroatoms. The van der Waals surface area contributed by atoms with E-state index in [-0.39, 0.29) is 15.9 Å². The number of carbonyl (C=O) groups excluding carboxylic acids is 1. The molecule has 0 saturated carbocycles. The van der Waals surface area contributed by atoms with E-state index in [1.807, 2.05) is 0 Å². The van der Waals surface area contributed by atoms with E-state index in [1.165, 1.54) is 13.1 Å². The van der Waals surface area contributed by atoms with Gasteiger partial charge < -0.3 is 15.4 Å². The number of nitrogens with one attached hydrogen (secondary N) is 2. The molecule has 1 amide bonds. The quantitative estimate of drug-likeness (QED) is 0.850. The minimum Gasteiger partial charge on any atom is -0.381 e. The number of carbonyl (C=O) groups is 1. The summed E-state index contributed by atoms with van der Waals surface area (Å²) in [5.74, 6) is -0.606. The molecule has 1 aromatic rings. The van der Waals surface area contributed by atoms with Crippen molar-refractivity contribution >= 4 is 21.4 Å². The van der Waals surface area contributed by atoms with Crippen LogP contribution >= 0.6 is 0 Å². The molecule has 118 valence electrons. The summed E-state index contributed by atoms with van der Waals surface area (Å²) in [5, 5.41) is 5.52. The van der Waals surface area contributed by atoms with E-state index in [9.17, 15) is 13.2 Å². The van der Waals surface area contributed by atoms with Crippen LogP contribution in [0.3, 0.4) is 0 Å². The van der Waals surface area contributed by atoms with E-state index >= 15 is 0 Å². The standard InChI is InChI=1S/C15H18N2O4S/c1-16-15(18)14-13(17-9-10-5-4-8-21-10)11-6-2-3-7-12(11)22(14,19)20/h2-3,6-7,10,17H,4-5,8-9H2,1H3,(H,16,18). The van der Waals surface area contributed by atoms with Gasteiger partial charge in [-0.1, -0.05) is 18.2 Å². The van der Waals surface area contributed by atoms with E-state index in [0.717, 1.165) is 19.4 Å². The van der Waals surface area contributed by atoms with E-state index in [2.05, 4.69) is 10.6 Å². The number of ether oxygens (including phenoxy) is 1. The summed E-state index contributed by atoms with van der Waals surface area (Å²) < 4.78 is 30.7. The van der Waals surface area contributed by atoms with E-state index in [1.54, 1.807) is 18.2 Å². The summed E-state index contributed by atoms with van der Waals surface area (Å²) in [6.07, 6.45) is 1.99. The molecule has 3 rings (SSSR count). The molecule has 0 spiro atoms. The molecule has 0 aromatic heterocycles. The van der Waals surface area contributed by atoms with Crippen molar-refractivity contribution in [1.82, 2.24) is 10.6 Å². The van der Waals surface area contributed by atoms with Gasteiger partial charge in [0.2, 0.25) is 9.84 Å². The molecular formula is C15H18N2O4S. The number of amides is 1. The average molecular weight is 322 g/mol. The van der Waals surface area contributed by atoms with Crippen molar-refractivity contribution < 1.29 is 17.9 Å². The summed E-state index contributed by atoms with van der Waals surface area (Å²) >= 11 is 0. The zero-order valence-corrected chi connectivity index (χ0v) is 13.1. The first kappa shape index (κ1) is 15.1. The molecule has 1 unspecified atom stereocenters. The Labute approximate surface area is 129 Å². The highest BCUT2D eigenvalue weighted by atomic mass is 32.2. The second-order valence-electron chi connectivity index (χ2n) is 5.30. The Morgan fingerprint density at radius 2 is 2.14 bits per heavy atom. The highest BCUT2D eigenvalue weighted by molar-refractivity contribution is 7.97. The Morgan fingerprint density at radius 1 is 1.36 bits per heavy atom. The summed E-state index contributed by atoms with van der Waals surface area (Å²) in [4.78, 5) is 12.0. The van der Waals surface area contributed by atoms with E-state index in [0.29, 0.717) is 17.8 Å². The molecule has 22 heavy (non-hydrogen) atoms. The first-order valence-electron chi connectivity index (χ1n) is 7.22. The van der Waals surface area contributed by atoms with Crippen molar-refractivity contribution in [3.8, 4) is 0 Å². The first-order chi connectivity index (χ1) is 10.6. The van der Waals surface area contributed by atoms with E-state index < -0.39 is 15.7 Å². The lowest BCUT2D eigenvalue weighted by Crippen LogP contribution is -2.29. The lowest BCUT2D eigenvalue weighted by atomic mass is 10.1. The van der Waals surface area contributed by atoms with Crippen LogP contribution in [0.5, 0.6) is 0 Å². The van der Waals surface area contributed by atoms with Crippen LogP contribution in [0.1, 0.15) is 18.4 Å². The molecule has 2 aliphatic heterocycles. The first-order valence-corrected chi connectivity index (χ1v) is 8.70. The Morgan fingerprint density at radius 3 is 2.82 bits per heavy atom. The Balaban J connectivity index is 2.01. The molecule has 1 aromatic carbocycles. The molecule has 0 aliphatic carbocycles. The molecule has 1 fully saturated rings. The van der Waals surface area contributed by atoms with Crippen LogP contribution in [0.2, 0.25) is 0 Å². The third kappa shape index (κ3) is 2.40. The van der Waals surface area contributed by atoms with Crippen molar-refractivity contribution in [2.45, 2.75) is 23.8 Å². The van der Waals surface area contributed by atoms with Crippen molar-refractivity contribution in [3.63, 3.8) is 0 Å². The zero-order valence-electron chi connectivity index (χ0n) is 12.3. The van der Waals surface area contributed by atoms with Gasteiger partial charge in [0.1, 0.15) is 0 Å². The highest BCUT2D eigenvalue weighted by Gasteiger charge is 2.39. The zero-order chi connectivity index (χ0) is 15.7. The maximum absolute atomic E-state index is 12.6. The van der Waals surface area contributed by atoms with Crippen LogP contribution < -0.4 is 10.6 Å². The summed E-state index contributed by atoms with van der Waals surface area (Å²) in [6, 6.07) is 6.64. The summed E-state index contributed by atoms with van der Waals surface area (Å²) in [5.41, 5.74) is 0.907. The Hall–Kier alpha value is -1.86. The fraction of sp³-hybridized carbons (Fsp3) is 0.400. The number of hydrogen-bond acceptors (Lipinski definition) is 5. The molecule has 2 N–H and O–H groups in total. The third-order valence-electron chi connectivity index (χ3n) is 3.91. The SMILES string of the molecule is CNC(=O)C1=C(NCC2CCCO2)c2ccccc2S1(=O)=O. The topological polar surface area (TPSA) is 84.5 Å². The van der Waals surface area contributed by atoms with Crippen LogP contribution in [-0.2, 0) is 19.4 Å². The number of benzene rings is 1. The van der Waals surface area contributed by atoms with Gasteiger partial charge in [-0.15, -0.1) is 0 Å². The molecular weight excluding hydrogens is 304 g/mol. The molecule has 2 heterocycles. The predicted molar refractivity (Wildman–Crippen MR) is 81.6 cm³/mol. The number of sulfone groups is 1. The van der Waals surface area contributed by atoms with Crippen molar-refractivity contribution in [2.24, 2.45) is 0 Å². The lowest BCUT2D eigenvalue weighted by molar-refractivity contribution is -0.116. The summed E-state index contributed by atoms with van der Waals surface area (Å²) in [7, 11) is -2.37. The van der Waals surface area contributed by atoms with Crippen LogP contribution in [0, 0.1) is 0 Å². The average Bonchev–Trinajstić information content (AvgIpc) is 3.10. The van der Waals surface area contributed by atoms with Crippen LogP contribution in [0.25, 0.3) is 5.70 Å². The molecule has 0 radical (unpaired) electrons. The molecule has 0 bridgehead atoms. The maximum atomic E-state index is 12.6. The smallest absolute Gasteiger partial charge is 0.265 e. The van der Waals surface area contributed by atoms with Crippen molar-refractivity contribution in [1.29, 1.82) is 0 Å². The molecule has 2 aliphatic rings. The van der Waals surface area contributed by atoms with Crippen LogP contribution in [0.4, 0.5) is 0 Å². The highest BCUT2D eigenvalue weighted by Crippen LogP contribution is 2.37. The van der Waals surface area contributed by atoms with Crippen LogP contribution in [0.15, 0.2) is 34.1 Å². The van der Waals surface area contributed by atoms with Gasteiger partial charge in [0.25, 0.3) is 5.91 Å². The molecule has 6 nitrogen and oxygen atoms in total. The normalized spacial score (nSPS) is 22.5. The second-order valence-corrected chi connectivity index (χ2v) is 7.15. The fourth-order valence-electron chi connectivity index (χ4n) is 2.82. The maximum Gasteiger partial charge on any atom is 0.265 e. The second kappa shape index (κ2) is 5.73. The third-order valence-corrected chi connectivity index (χ3v) is 5.77.